The van der Waals surface area contributed by atoms with Gasteiger partial charge in [0.05, 0.1) is 38.4 Å². The molecular formula is C32H34N6O4. The third kappa shape index (κ3) is 7.25. The van der Waals surface area contributed by atoms with Gasteiger partial charge in [0.2, 0.25) is 11.8 Å². The van der Waals surface area contributed by atoms with Crippen molar-refractivity contribution in [3.05, 3.63) is 95.3 Å². The van der Waals surface area contributed by atoms with Crippen LogP contribution in [-0.4, -0.2) is 46.4 Å². The van der Waals surface area contributed by atoms with Gasteiger partial charge in [-0.3, -0.25) is 9.59 Å². The Morgan fingerprint density at radius 3 is 1.52 bits per heavy atom. The Hall–Kier alpha value is -4.86. The molecule has 10 nitrogen and oxygen atoms in total. The molecule has 1 saturated carbocycles. The van der Waals surface area contributed by atoms with Crippen LogP contribution in [-0.2, 0) is 22.4 Å². The van der Waals surface area contributed by atoms with Crippen LogP contribution in [0.5, 0.6) is 11.5 Å². The number of nitrogens with zero attached hydrogens (tertiary/aromatic N) is 4. The lowest BCUT2D eigenvalue weighted by Gasteiger charge is -2.28. The fourth-order valence-corrected chi connectivity index (χ4v) is 5.40. The molecule has 4 aromatic rings. The minimum Gasteiger partial charge on any atom is -0.496 e. The van der Waals surface area contributed by atoms with E-state index in [0.29, 0.717) is 23.1 Å². The Morgan fingerprint density at radius 2 is 1.12 bits per heavy atom. The number of carbonyl (C=O) groups is 2. The second kappa shape index (κ2) is 13.7. The standard InChI is InChI=1S/C32H34N6O4/c1-41-27-12-5-3-8-23(27)19-31(39)33-29-16-14-25(35-37-29)21-10-7-11-22(18-21)26-15-17-30(38-36-26)34-32(40)20-24-9-4-6-13-28(24)42-2/h3-6,8-9,12-17,21-22H,7,10-11,18-20H2,1-2H3,(H,33,37,39)(H,34,38,40)/t21-,22-/m0/s1. The van der Waals surface area contributed by atoms with Crippen LogP contribution in [0.4, 0.5) is 11.6 Å². The third-order valence-corrected chi connectivity index (χ3v) is 7.50. The van der Waals surface area contributed by atoms with Crippen molar-refractivity contribution < 1.29 is 19.1 Å². The maximum atomic E-state index is 12.6. The van der Waals surface area contributed by atoms with Crippen molar-refractivity contribution in [3.8, 4) is 11.5 Å². The van der Waals surface area contributed by atoms with Crippen molar-refractivity contribution in [2.24, 2.45) is 0 Å². The average Bonchev–Trinajstić information content (AvgIpc) is 3.02. The average molecular weight is 567 g/mol. The molecule has 2 amide bonds. The number of nitrogens with one attached hydrogen (secondary N) is 2. The molecule has 2 N–H and O–H groups in total. The summed E-state index contributed by atoms with van der Waals surface area (Å²) >= 11 is 0. The molecule has 5 rings (SSSR count). The van der Waals surface area contributed by atoms with E-state index in [1.807, 2.05) is 60.7 Å². The highest BCUT2D eigenvalue weighted by Crippen LogP contribution is 2.40. The number of carbonyl (C=O) groups excluding carboxylic acids is 2. The van der Waals surface area contributed by atoms with E-state index < -0.39 is 0 Å². The molecule has 0 aliphatic heterocycles. The van der Waals surface area contributed by atoms with E-state index in [-0.39, 0.29) is 36.5 Å². The predicted octanol–water partition coefficient (Wildman–Crippen LogP) is 5.09. The first-order valence-electron chi connectivity index (χ1n) is 14.0. The highest BCUT2D eigenvalue weighted by atomic mass is 16.5. The molecule has 2 atom stereocenters. The van der Waals surface area contributed by atoms with E-state index in [2.05, 4.69) is 31.0 Å². The molecular weight excluding hydrogens is 532 g/mol. The van der Waals surface area contributed by atoms with Crippen LogP contribution >= 0.6 is 0 Å². The van der Waals surface area contributed by atoms with Crippen molar-refractivity contribution in [1.29, 1.82) is 0 Å². The zero-order valence-corrected chi connectivity index (χ0v) is 23.7. The normalized spacial score (nSPS) is 16.3. The second-order valence-corrected chi connectivity index (χ2v) is 10.3. The first-order valence-corrected chi connectivity index (χ1v) is 14.0. The summed E-state index contributed by atoms with van der Waals surface area (Å²) < 4.78 is 10.7. The summed E-state index contributed by atoms with van der Waals surface area (Å²) in [7, 11) is 3.17. The van der Waals surface area contributed by atoms with Crippen molar-refractivity contribution >= 4 is 23.5 Å². The van der Waals surface area contributed by atoms with Crippen LogP contribution < -0.4 is 20.1 Å². The topological polar surface area (TPSA) is 128 Å². The molecule has 42 heavy (non-hydrogen) atoms. The number of hydrogen-bond donors (Lipinski definition) is 2. The molecule has 2 heterocycles. The predicted molar refractivity (Wildman–Crippen MR) is 159 cm³/mol. The lowest BCUT2D eigenvalue weighted by molar-refractivity contribution is -0.116. The largest absolute Gasteiger partial charge is 0.496 e. The first-order chi connectivity index (χ1) is 20.5. The Balaban J connectivity index is 1.14. The number of rotatable bonds is 10. The summed E-state index contributed by atoms with van der Waals surface area (Å²) in [6, 6.07) is 22.4. The van der Waals surface area contributed by atoms with Gasteiger partial charge < -0.3 is 20.1 Å². The van der Waals surface area contributed by atoms with Crippen molar-refractivity contribution in [2.45, 2.75) is 50.4 Å². The summed E-state index contributed by atoms with van der Waals surface area (Å²) in [4.78, 5) is 25.1. The number of aromatic nitrogens is 4. The van der Waals surface area contributed by atoms with Crippen LogP contribution in [0.2, 0.25) is 0 Å². The van der Waals surface area contributed by atoms with Gasteiger partial charge in [0.25, 0.3) is 0 Å². The maximum absolute atomic E-state index is 12.6. The lowest BCUT2D eigenvalue weighted by atomic mass is 9.78. The fraction of sp³-hybridized carbons (Fsp3) is 0.312. The van der Waals surface area contributed by atoms with Gasteiger partial charge in [0.15, 0.2) is 11.6 Å². The summed E-state index contributed by atoms with van der Waals surface area (Å²) in [6.07, 6.45) is 4.30. The van der Waals surface area contributed by atoms with Gasteiger partial charge in [-0.05, 0) is 55.7 Å². The highest BCUT2D eigenvalue weighted by molar-refractivity contribution is 5.92. The van der Waals surface area contributed by atoms with E-state index in [9.17, 15) is 9.59 Å². The zero-order chi connectivity index (χ0) is 29.3. The molecule has 1 aliphatic carbocycles. The Kier molecular flexibility index (Phi) is 9.33. The van der Waals surface area contributed by atoms with Crippen molar-refractivity contribution in [3.63, 3.8) is 0 Å². The van der Waals surface area contributed by atoms with Crippen LogP contribution in [0.25, 0.3) is 0 Å². The number of benzene rings is 2. The number of hydrogen-bond acceptors (Lipinski definition) is 8. The van der Waals surface area contributed by atoms with Gasteiger partial charge in [-0.15, -0.1) is 10.2 Å². The molecule has 0 spiro atoms. The number of amides is 2. The number of anilines is 2. The van der Waals surface area contributed by atoms with E-state index in [0.717, 1.165) is 48.2 Å². The third-order valence-electron chi connectivity index (χ3n) is 7.50. The van der Waals surface area contributed by atoms with E-state index in [1.54, 1.807) is 26.4 Å². The molecule has 2 aromatic carbocycles. The summed E-state index contributed by atoms with van der Waals surface area (Å²) in [6.45, 7) is 0. The monoisotopic (exact) mass is 566 g/mol. The molecule has 0 unspecified atom stereocenters. The number of ether oxygens (including phenoxy) is 2. The minimum atomic E-state index is -0.183. The van der Waals surface area contributed by atoms with E-state index in [4.69, 9.17) is 9.47 Å². The van der Waals surface area contributed by atoms with Crippen LogP contribution in [0, 0.1) is 0 Å². The molecule has 10 heteroatoms. The smallest absolute Gasteiger partial charge is 0.230 e. The van der Waals surface area contributed by atoms with Gasteiger partial charge >= 0.3 is 0 Å². The molecule has 0 radical (unpaired) electrons. The molecule has 216 valence electrons. The fourth-order valence-electron chi connectivity index (χ4n) is 5.40. The molecule has 1 fully saturated rings. The number of methoxy groups -OCH3 is 2. The van der Waals surface area contributed by atoms with Crippen molar-refractivity contribution in [1.82, 2.24) is 20.4 Å². The Labute approximate surface area is 244 Å². The quantitative estimate of drug-likeness (QED) is 0.272. The summed E-state index contributed by atoms with van der Waals surface area (Å²) in [5, 5.41) is 23.0. The Bertz CT molecular complexity index is 1400. The highest BCUT2D eigenvalue weighted by Gasteiger charge is 2.27. The van der Waals surface area contributed by atoms with Crippen LogP contribution in [0.1, 0.15) is 60.0 Å². The molecule has 1 aliphatic rings. The van der Waals surface area contributed by atoms with Gasteiger partial charge in [-0.2, -0.15) is 10.2 Å². The van der Waals surface area contributed by atoms with Gasteiger partial charge in [-0.1, -0.05) is 42.8 Å². The van der Waals surface area contributed by atoms with Gasteiger partial charge in [0, 0.05) is 23.0 Å². The van der Waals surface area contributed by atoms with Crippen LogP contribution in [0.15, 0.2) is 72.8 Å². The maximum Gasteiger partial charge on any atom is 0.230 e. The van der Waals surface area contributed by atoms with Crippen LogP contribution in [0.3, 0.4) is 0 Å². The number of para-hydroxylation sites is 2. The van der Waals surface area contributed by atoms with Gasteiger partial charge in [-0.25, -0.2) is 0 Å². The Morgan fingerprint density at radius 1 is 0.667 bits per heavy atom. The zero-order valence-electron chi connectivity index (χ0n) is 23.7. The van der Waals surface area contributed by atoms with E-state index in [1.165, 1.54) is 0 Å². The SMILES string of the molecule is COc1ccccc1CC(=O)Nc1ccc([C@H]2CCC[C@H](c3ccc(NC(=O)Cc4ccccc4OC)nn3)C2)nn1. The molecule has 0 saturated heterocycles. The summed E-state index contributed by atoms with van der Waals surface area (Å²) in [5.74, 6) is 2.28. The minimum absolute atomic E-state index is 0.183. The molecule has 0 bridgehead atoms. The summed E-state index contributed by atoms with van der Waals surface area (Å²) in [5.41, 5.74) is 3.41. The lowest BCUT2D eigenvalue weighted by Crippen LogP contribution is -2.19. The molecule has 2 aromatic heterocycles. The first kappa shape index (κ1) is 28.7. The van der Waals surface area contributed by atoms with E-state index >= 15 is 0 Å². The second-order valence-electron chi connectivity index (χ2n) is 10.3. The van der Waals surface area contributed by atoms with Crippen molar-refractivity contribution in [2.75, 3.05) is 24.9 Å². The van der Waals surface area contributed by atoms with Gasteiger partial charge in [0.1, 0.15) is 11.5 Å².